The number of ether oxygens (including phenoxy) is 2. The smallest absolute Gasteiger partial charge is 0.264 e. The Morgan fingerprint density at radius 3 is 2.69 bits per heavy atom. The number of halogens is 1. The van der Waals surface area contributed by atoms with Gasteiger partial charge in [-0.05, 0) is 49.4 Å². The highest BCUT2D eigenvalue weighted by Gasteiger charge is 2.09. The molecule has 0 radical (unpaired) electrons. The first-order valence-corrected chi connectivity index (χ1v) is 9.68. The summed E-state index contributed by atoms with van der Waals surface area (Å²) >= 11 is 4.74. The Morgan fingerprint density at radius 2 is 1.96 bits per heavy atom. The van der Waals surface area contributed by atoms with Gasteiger partial charge in [-0.1, -0.05) is 22.0 Å². The molecule has 0 spiro atoms. The molecule has 0 aliphatic heterocycles. The second-order valence-electron chi connectivity index (χ2n) is 5.29. The van der Waals surface area contributed by atoms with Gasteiger partial charge in [0, 0.05) is 15.4 Å². The molecule has 26 heavy (non-hydrogen) atoms. The molecule has 7 heteroatoms. The molecule has 5 nitrogen and oxygen atoms in total. The molecule has 0 unspecified atom stereocenters. The Kier molecular flexibility index (Phi) is 6.25. The Balaban J connectivity index is 1.56. The van der Waals surface area contributed by atoms with Crippen LogP contribution in [0.3, 0.4) is 0 Å². The monoisotopic (exact) mass is 432 g/mol. The van der Waals surface area contributed by atoms with Crippen LogP contribution < -0.4 is 14.8 Å². The maximum atomic E-state index is 12.0. The zero-order valence-electron chi connectivity index (χ0n) is 14.1. The molecule has 3 rings (SSSR count). The minimum absolute atomic E-state index is 0.0750. The van der Waals surface area contributed by atoms with Gasteiger partial charge in [0.1, 0.15) is 11.5 Å². The van der Waals surface area contributed by atoms with Crippen LogP contribution in [0.4, 0.5) is 5.13 Å². The Bertz CT molecular complexity index is 881. The number of aromatic nitrogens is 1. The molecule has 0 bridgehead atoms. The summed E-state index contributed by atoms with van der Waals surface area (Å²) in [7, 11) is 0. The zero-order valence-corrected chi connectivity index (χ0v) is 16.5. The second kappa shape index (κ2) is 8.82. The number of amides is 1. The highest BCUT2D eigenvalue weighted by atomic mass is 79.9. The molecule has 1 N–H and O–H groups in total. The number of thiazole rings is 1. The maximum absolute atomic E-state index is 12.0. The standard InChI is InChI=1S/C19H17BrN2O3S/c1-2-24-15-8-6-13(7-9-15)17-12-26-19(21-17)22-18(23)11-25-16-5-3-4-14(20)10-16/h3-10,12H,2,11H2,1H3,(H,21,22,23). The van der Waals surface area contributed by atoms with E-state index in [2.05, 4.69) is 26.2 Å². The second-order valence-corrected chi connectivity index (χ2v) is 7.06. The number of carbonyl (C=O) groups is 1. The highest BCUT2D eigenvalue weighted by Crippen LogP contribution is 2.26. The van der Waals surface area contributed by atoms with Crippen molar-refractivity contribution < 1.29 is 14.3 Å². The number of nitrogens with zero attached hydrogens (tertiary/aromatic N) is 1. The summed E-state index contributed by atoms with van der Waals surface area (Å²) in [5, 5.41) is 5.20. The summed E-state index contributed by atoms with van der Waals surface area (Å²) in [5.41, 5.74) is 1.77. The van der Waals surface area contributed by atoms with E-state index in [9.17, 15) is 4.79 Å². The predicted octanol–water partition coefficient (Wildman–Crippen LogP) is 4.99. The Labute approximate surface area is 164 Å². The van der Waals surface area contributed by atoms with Gasteiger partial charge >= 0.3 is 0 Å². The molecule has 2 aromatic carbocycles. The van der Waals surface area contributed by atoms with Crippen LogP contribution in [0.15, 0.2) is 58.4 Å². The van der Waals surface area contributed by atoms with Crippen LogP contribution in [0.2, 0.25) is 0 Å². The minimum atomic E-state index is -0.252. The van der Waals surface area contributed by atoms with E-state index >= 15 is 0 Å². The van der Waals surface area contributed by atoms with Crippen molar-refractivity contribution in [3.63, 3.8) is 0 Å². The Hall–Kier alpha value is -2.38. The molecule has 0 aliphatic carbocycles. The third-order valence-corrected chi connectivity index (χ3v) is 4.63. The van der Waals surface area contributed by atoms with Gasteiger partial charge in [0.25, 0.3) is 5.91 Å². The average Bonchev–Trinajstić information content (AvgIpc) is 3.09. The van der Waals surface area contributed by atoms with Crippen molar-refractivity contribution in [2.24, 2.45) is 0 Å². The Morgan fingerprint density at radius 1 is 1.15 bits per heavy atom. The summed E-state index contributed by atoms with van der Waals surface area (Å²) < 4.78 is 11.8. The van der Waals surface area contributed by atoms with E-state index in [4.69, 9.17) is 9.47 Å². The summed E-state index contributed by atoms with van der Waals surface area (Å²) in [6.45, 7) is 2.51. The SMILES string of the molecule is CCOc1ccc(-c2csc(NC(=O)COc3cccc(Br)c3)n2)cc1. The summed E-state index contributed by atoms with van der Waals surface area (Å²) in [6, 6.07) is 15.0. The van der Waals surface area contributed by atoms with E-state index in [0.29, 0.717) is 17.5 Å². The summed E-state index contributed by atoms with van der Waals surface area (Å²) in [5.74, 6) is 1.20. The van der Waals surface area contributed by atoms with Gasteiger partial charge in [-0.25, -0.2) is 4.98 Å². The first-order valence-electron chi connectivity index (χ1n) is 8.01. The molecule has 134 valence electrons. The lowest BCUT2D eigenvalue weighted by atomic mass is 10.2. The van der Waals surface area contributed by atoms with E-state index in [1.807, 2.05) is 48.7 Å². The van der Waals surface area contributed by atoms with Gasteiger partial charge in [-0.15, -0.1) is 11.3 Å². The largest absolute Gasteiger partial charge is 0.494 e. The van der Waals surface area contributed by atoms with Crippen molar-refractivity contribution in [1.82, 2.24) is 4.98 Å². The van der Waals surface area contributed by atoms with E-state index < -0.39 is 0 Å². The zero-order chi connectivity index (χ0) is 18.4. The molecule has 1 heterocycles. The van der Waals surface area contributed by atoms with Crippen LogP contribution in [0, 0.1) is 0 Å². The molecule has 0 aliphatic rings. The minimum Gasteiger partial charge on any atom is -0.494 e. The van der Waals surface area contributed by atoms with E-state index in [0.717, 1.165) is 21.5 Å². The summed E-state index contributed by atoms with van der Waals surface area (Å²) in [6.07, 6.45) is 0. The average molecular weight is 433 g/mol. The van der Waals surface area contributed by atoms with E-state index in [1.165, 1.54) is 11.3 Å². The number of benzene rings is 2. The number of hydrogen-bond acceptors (Lipinski definition) is 5. The molecule has 0 fully saturated rings. The fourth-order valence-electron chi connectivity index (χ4n) is 2.21. The quantitative estimate of drug-likeness (QED) is 0.571. The third kappa shape index (κ3) is 5.06. The lowest BCUT2D eigenvalue weighted by molar-refractivity contribution is -0.118. The van der Waals surface area contributed by atoms with Gasteiger partial charge in [0.15, 0.2) is 11.7 Å². The molecule has 3 aromatic rings. The van der Waals surface area contributed by atoms with Crippen LogP contribution in [-0.4, -0.2) is 24.1 Å². The van der Waals surface area contributed by atoms with Crippen LogP contribution in [0.1, 0.15) is 6.92 Å². The van der Waals surface area contributed by atoms with Crippen LogP contribution in [-0.2, 0) is 4.79 Å². The molecular weight excluding hydrogens is 416 g/mol. The van der Waals surface area contributed by atoms with Crippen LogP contribution in [0.25, 0.3) is 11.3 Å². The van der Waals surface area contributed by atoms with Crippen molar-refractivity contribution >= 4 is 38.3 Å². The molecule has 0 atom stereocenters. The van der Waals surface area contributed by atoms with Gasteiger partial charge in [-0.3, -0.25) is 10.1 Å². The van der Waals surface area contributed by atoms with Crippen molar-refractivity contribution in [1.29, 1.82) is 0 Å². The fraction of sp³-hybridized carbons (Fsp3) is 0.158. The van der Waals surface area contributed by atoms with Crippen LogP contribution >= 0.6 is 27.3 Å². The van der Waals surface area contributed by atoms with Gasteiger partial charge in [0.05, 0.1) is 12.3 Å². The summed E-state index contributed by atoms with van der Waals surface area (Å²) in [4.78, 5) is 16.5. The number of rotatable bonds is 7. The van der Waals surface area contributed by atoms with E-state index in [-0.39, 0.29) is 12.5 Å². The molecule has 1 amide bonds. The van der Waals surface area contributed by atoms with Crippen LogP contribution in [0.5, 0.6) is 11.5 Å². The lowest BCUT2D eigenvalue weighted by Gasteiger charge is -2.06. The molecule has 0 saturated heterocycles. The molecule has 0 saturated carbocycles. The third-order valence-electron chi connectivity index (χ3n) is 3.38. The van der Waals surface area contributed by atoms with Gasteiger partial charge in [-0.2, -0.15) is 0 Å². The van der Waals surface area contributed by atoms with Gasteiger partial charge < -0.3 is 9.47 Å². The number of carbonyl (C=O) groups excluding carboxylic acids is 1. The predicted molar refractivity (Wildman–Crippen MR) is 107 cm³/mol. The number of hydrogen-bond donors (Lipinski definition) is 1. The van der Waals surface area contributed by atoms with Gasteiger partial charge in [0.2, 0.25) is 0 Å². The lowest BCUT2D eigenvalue weighted by Crippen LogP contribution is -2.20. The molecule has 1 aromatic heterocycles. The molecular formula is C19H17BrN2O3S. The van der Waals surface area contributed by atoms with E-state index in [1.54, 1.807) is 12.1 Å². The van der Waals surface area contributed by atoms with Crippen molar-refractivity contribution in [3.05, 3.63) is 58.4 Å². The fourth-order valence-corrected chi connectivity index (χ4v) is 3.33. The topological polar surface area (TPSA) is 60.5 Å². The van der Waals surface area contributed by atoms with Crippen molar-refractivity contribution in [2.45, 2.75) is 6.92 Å². The van der Waals surface area contributed by atoms with Crippen molar-refractivity contribution in [2.75, 3.05) is 18.5 Å². The first kappa shape index (κ1) is 18.4. The highest BCUT2D eigenvalue weighted by molar-refractivity contribution is 9.10. The normalized spacial score (nSPS) is 10.4. The number of nitrogens with one attached hydrogen (secondary N) is 1. The first-order chi connectivity index (χ1) is 12.6. The van der Waals surface area contributed by atoms with Crippen molar-refractivity contribution in [3.8, 4) is 22.8 Å². The number of anilines is 1. The maximum Gasteiger partial charge on any atom is 0.264 e.